The fourth-order valence-corrected chi connectivity index (χ4v) is 1.46. The molecule has 0 saturated heterocycles. The smallest absolute Gasteiger partial charge is 0.328 e. The maximum atomic E-state index is 11.5. The first-order chi connectivity index (χ1) is 8.13. The van der Waals surface area contributed by atoms with Crippen LogP contribution >= 0.6 is 0 Å². The van der Waals surface area contributed by atoms with E-state index in [0.717, 1.165) is 31.4 Å². The molecule has 0 radical (unpaired) electrons. The number of carbonyl (C=O) groups is 2. The third-order valence-electron chi connectivity index (χ3n) is 2.43. The first-order valence-electron chi connectivity index (χ1n) is 5.67. The molecule has 3 heteroatoms. The molecule has 0 fully saturated rings. The van der Waals surface area contributed by atoms with Gasteiger partial charge < -0.3 is 5.11 Å². The van der Waals surface area contributed by atoms with E-state index in [-0.39, 0.29) is 5.78 Å². The van der Waals surface area contributed by atoms with Crippen LogP contribution in [0.1, 0.15) is 35.7 Å². The molecule has 0 aliphatic rings. The Bertz CT molecular complexity index is 416. The standard InChI is InChI=1S/C14H16O3/c1-2-3-4-11-5-7-12(8-6-11)13(15)9-10-14(16)17/h5-10H,2-4H2,1H3,(H,16,17)/b10-9+. The minimum atomic E-state index is -1.11. The van der Waals surface area contributed by atoms with Gasteiger partial charge in [0.05, 0.1) is 0 Å². The van der Waals surface area contributed by atoms with Crippen LogP contribution in [0.5, 0.6) is 0 Å². The largest absolute Gasteiger partial charge is 0.478 e. The minimum absolute atomic E-state index is 0.283. The van der Waals surface area contributed by atoms with E-state index in [1.54, 1.807) is 12.1 Å². The third-order valence-corrected chi connectivity index (χ3v) is 2.43. The van der Waals surface area contributed by atoms with Crippen molar-refractivity contribution in [2.45, 2.75) is 26.2 Å². The van der Waals surface area contributed by atoms with Gasteiger partial charge in [0, 0.05) is 11.6 Å². The summed E-state index contributed by atoms with van der Waals surface area (Å²) in [6.45, 7) is 2.13. The van der Waals surface area contributed by atoms with Crippen LogP contribution in [0, 0.1) is 0 Å². The lowest BCUT2D eigenvalue weighted by Gasteiger charge is -2.00. The van der Waals surface area contributed by atoms with Crippen LogP contribution < -0.4 is 0 Å². The Morgan fingerprint density at radius 1 is 1.18 bits per heavy atom. The Balaban J connectivity index is 2.67. The van der Waals surface area contributed by atoms with Crippen LogP contribution in [-0.2, 0) is 11.2 Å². The Kier molecular flexibility index (Phi) is 5.14. The zero-order chi connectivity index (χ0) is 12.7. The van der Waals surface area contributed by atoms with Crippen molar-refractivity contribution in [1.29, 1.82) is 0 Å². The molecule has 0 bridgehead atoms. The molecule has 1 N–H and O–H groups in total. The maximum Gasteiger partial charge on any atom is 0.328 e. The molecule has 3 nitrogen and oxygen atoms in total. The van der Waals surface area contributed by atoms with Crippen molar-refractivity contribution < 1.29 is 14.7 Å². The molecule has 1 rings (SSSR count). The molecule has 0 heterocycles. The number of rotatable bonds is 6. The summed E-state index contributed by atoms with van der Waals surface area (Å²) in [5, 5.41) is 8.41. The normalized spacial score (nSPS) is 10.6. The van der Waals surface area contributed by atoms with Gasteiger partial charge in [-0.3, -0.25) is 4.79 Å². The van der Waals surface area contributed by atoms with Gasteiger partial charge in [-0.1, -0.05) is 37.6 Å². The van der Waals surface area contributed by atoms with E-state index in [2.05, 4.69) is 6.92 Å². The van der Waals surface area contributed by atoms with Gasteiger partial charge in [0.25, 0.3) is 0 Å². The zero-order valence-corrected chi connectivity index (χ0v) is 9.85. The number of carboxylic acids is 1. The number of allylic oxidation sites excluding steroid dienone is 1. The summed E-state index contributed by atoms with van der Waals surface area (Å²) in [4.78, 5) is 21.8. The zero-order valence-electron chi connectivity index (χ0n) is 9.85. The summed E-state index contributed by atoms with van der Waals surface area (Å²) < 4.78 is 0. The van der Waals surface area contributed by atoms with Crippen molar-refractivity contribution in [3.05, 3.63) is 47.5 Å². The van der Waals surface area contributed by atoms with E-state index < -0.39 is 5.97 Å². The molecule has 90 valence electrons. The monoisotopic (exact) mass is 232 g/mol. The van der Waals surface area contributed by atoms with Crippen LogP contribution in [0.15, 0.2) is 36.4 Å². The van der Waals surface area contributed by atoms with E-state index in [1.165, 1.54) is 5.56 Å². The highest BCUT2D eigenvalue weighted by molar-refractivity contribution is 6.06. The van der Waals surface area contributed by atoms with Crippen molar-refractivity contribution >= 4 is 11.8 Å². The fraction of sp³-hybridized carbons (Fsp3) is 0.286. The number of carboxylic acid groups (broad SMARTS) is 1. The number of carbonyl (C=O) groups excluding carboxylic acids is 1. The lowest BCUT2D eigenvalue weighted by atomic mass is 10.0. The first kappa shape index (κ1) is 13.2. The number of aryl methyl sites for hydroxylation is 1. The predicted octanol–water partition coefficient (Wildman–Crippen LogP) is 2.85. The molecular weight excluding hydrogens is 216 g/mol. The average Bonchev–Trinajstić information content (AvgIpc) is 2.34. The molecule has 17 heavy (non-hydrogen) atoms. The second-order valence-corrected chi connectivity index (χ2v) is 3.84. The molecule has 0 aromatic heterocycles. The summed E-state index contributed by atoms with van der Waals surface area (Å²) in [6, 6.07) is 7.30. The van der Waals surface area contributed by atoms with Gasteiger partial charge in [0.1, 0.15) is 0 Å². The lowest BCUT2D eigenvalue weighted by Crippen LogP contribution is -1.97. The molecule has 0 aliphatic heterocycles. The van der Waals surface area contributed by atoms with Gasteiger partial charge in [-0.2, -0.15) is 0 Å². The van der Waals surface area contributed by atoms with Crippen molar-refractivity contribution in [2.24, 2.45) is 0 Å². The molecule has 0 aliphatic carbocycles. The topological polar surface area (TPSA) is 54.4 Å². The van der Waals surface area contributed by atoms with Crippen LogP contribution in [-0.4, -0.2) is 16.9 Å². The summed E-state index contributed by atoms with van der Waals surface area (Å²) in [5.74, 6) is -1.40. The summed E-state index contributed by atoms with van der Waals surface area (Å²) in [7, 11) is 0. The van der Waals surface area contributed by atoms with E-state index >= 15 is 0 Å². The third kappa shape index (κ3) is 4.64. The van der Waals surface area contributed by atoms with Crippen molar-refractivity contribution in [1.82, 2.24) is 0 Å². The summed E-state index contributed by atoms with van der Waals surface area (Å²) >= 11 is 0. The van der Waals surface area contributed by atoms with Crippen molar-refractivity contribution in [2.75, 3.05) is 0 Å². The first-order valence-corrected chi connectivity index (χ1v) is 5.67. The second-order valence-electron chi connectivity index (χ2n) is 3.84. The van der Waals surface area contributed by atoms with E-state index in [0.29, 0.717) is 5.56 Å². The fourth-order valence-electron chi connectivity index (χ4n) is 1.46. The van der Waals surface area contributed by atoms with Gasteiger partial charge in [0.2, 0.25) is 0 Å². The Labute approximate surface area is 101 Å². The van der Waals surface area contributed by atoms with E-state index in [9.17, 15) is 9.59 Å². The van der Waals surface area contributed by atoms with E-state index in [4.69, 9.17) is 5.11 Å². The van der Waals surface area contributed by atoms with Crippen LogP contribution in [0.25, 0.3) is 0 Å². The average molecular weight is 232 g/mol. The maximum absolute atomic E-state index is 11.5. The number of hydrogen-bond acceptors (Lipinski definition) is 2. The van der Waals surface area contributed by atoms with Crippen molar-refractivity contribution in [3.8, 4) is 0 Å². The lowest BCUT2D eigenvalue weighted by molar-refractivity contribution is -0.131. The SMILES string of the molecule is CCCCc1ccc(C(=O)/C=C/C(=O)O)cc1. The van der Waals surface area contributed by atoms with Crippen LogP contribution in [0.2, 0.25) is 0 Å². The van der Waals surface area contributed by atoms with E-state index in [1.807, 2.05) is 12.1 Å². The molecule has 0 amide bonds. The van der Waals surface area contributed by atoms with Gasteiger partial charge in [-0.05, 0) is 24.5 Å². The molecule has 0 spiro atoms. The molecule has 0 atom stereocenters. The highest BCUT2D eigenvalue weighted by Crippen LogP contribution is 2.08. The number of unbranched alkanes of at least 4 members (excludes halogenated alkanes) is 1. The number of benzene rings is 1. The summed E-state index contributed by atoms with van der Waals surface area (Å²) in [5.41, 5.74) is 1.72. The van der Waals surface area contributed by atoms with Gasteiger partial charge in [-0.15, -0.1) is 0 Å². The number of aliphatic carboxylic acids is 1. The second kappa shape index (κ2) is 6.63. The minimum Gasteiger partial charge on any atom is -0.478 e. The van der Waals surface area contributed by atoms with Crippen LogP contribution in [0.3, 0.4) is 0 Å². The molecule has 1 aromatic carbocycles. The van der Waals surface area contributed by atoms with Gasteiger partial charge in [-0.25, -0.2) is 4.79 Å². The van der Waals surface area contributed by atoms with Gasteiger partial charge >= 0.3 is 5.97 Å². The predicted molar refractivity (Wildman–Crippen MR) is 66.2 cm³/mol. The highest BCUT2D eigenvalue weighted by atomic mass is 16.4. The Morgan fingerprint density at radius 2 is 1.82 bits per heavy atom. The Hall–Kier alpha value is -1.90. The quantitative estimate of drug-likeness (QED) is 0.606. The summed E-state index contributed by atoms with van der Waals surface area (Å²) in [6.07, 6.45) is 5.21. The number of ketones is 1. The molecular formula is C14H16O3. The van der Waals surface area contributed by atoms with Crippen molar-refractivity contribution in [3.63, 3.8) is 0 Å². The van der Waals surface area contributed by atoms with Crippen LogP contribution in [0.4, 0.5) is 0 Å². The molecule has 1 aromatic rings. The number of hydrogen-bond donors (Lipinski definition) is 1. The molecule has 0 unspecified atom stereocenters. The molecule has 0 saturated carbocycles. The van der Waals surface area contributed by atoms with Gasteiger partial charge in [0.15, 0.2) is 5.78 Å². The highest BCUT2D eigenvalue weighted by Gasteiger charge is 2.02. The Morgan fingerprint density at radius 3 is 2.35 bits per heavy atom.